The maximum absolute atomic E-state index is 11.2. The molecule has 0 saturated carbocycles. The normalized spacial score (nSPS) is 11.5. The lowest BCUT2D eigenvalue weighted by molar-refractivity contribution is -0.139. The van der Waals surface area contributed by atoms with Crippen LogP contribution in [-0.2, 0) is 9.53 Å². The van der Waals surface area contributed by atoms with Crippen LogP contribution in [0.1, 0.15) is 39.5 Å². The zero-order valence-corrected chi connectivity index (χ0v) is 9.08. The quantitative estimate of drug-likeness (QED) is 0.388. The summed E-state index contributed by atoms with van der Waals surface area (Å²) in [5.74, 6) is -0.226. The van der Waals surface area contributed by atoms with Gasteiger partial charge in [-0.05, 0) is 32.6 Å². The van der Waals surface area contributed by atoms with Crippen molar-refractivity contribution in [3.05, 3.63) is 11.6 Å². The highest BCUT2D eigenvalue weighted by molar-refractivity contribution is 5.87. The monoisotopic (exact) mass is 200 g/mol. The summed E-state index contributed by atoms with van der Waals surface area (Å²) in [6.07, 6.45) is 5.22. The summed E-state index contributed by atoms with van der Waals surface area (Å²) in [7, 11) is 0. The fraction of sp³-hybridized carbons (Fsp3) is 0.727. The lowest BCUT2D eigenvalue weighted by Crippen LogP contribution is -2.07. The molecule has 0 aromatic heterocycles. The van der Waals surface area contributed by atoms with E-state index in [2.05, 4.69) is 0 Å². The molecular formula is C11H20O3. The van der Waals surface area contributed by atoms with Crippen molar-refractivity contribution in [2.75, 3.05) is 13.2 Å². The van der Waals surface area contributed by atoms with Gasteiger partial charge in [-0.1, -0.05) is 13.0 Å². The molecule has 0 amide bonds. The van der Waals surface area contributed by atoms with Gasteiger partial charge in [0.15, 0.2) is 0 Å². The van der Waals surface area contributed by atoms with Crippen molar-refractivity contribution in [3.63, 3.8) is 0 Å². The molecule has 0 unspecified atom stereocenters. The minimum atomic E-state index is -0.226. The van der Waals surface area contributed by atoms with E-state index < -0.39 is 0 Å². The molecule has 0 aliphatic heterocycles. The predicted octanol–water partition coefficient (Wildman–Crippen LogP) is 2.05. The fourth-order valence-electron chi connectivity index (χ4n) is 1.06. The molecule has 0 aromatic rings. The Morgan fingerprint density at radius 2 is 2.07 bits per heavy atom. The smallest absolute Gasteiger partial charge is 0.333 e. The molecule has 0 radical (unpaired) electrons. The molecule has 3 nitrogen and oxygen atoms in total. The molecule has 0 heterocycles. The summed E-state index contributed by atoms with van der Waals surface area (Å²) in [4.78, 5) is 11.2. The highest BCUT2D eigenvalue weighted by atomic mass is 16.5. The van der Waals surface area contributed by atoms with Crippen molar-refractivity contribution in [2.45, 2.75) is 39.5 Å². The van der Waals surface area contributed by atoms with E-state index in [-0.39, 0.29) is 12.6 Å². The summed E-state index contributed by atoms with van der Waals surface area (Å²) in [5.41, 5.74) is 0.676. The zero-order chi connectivity index (χ0) is 10.8. The van der Waals surface area contributed by atoms with Crippen molar-refractivity contribution < 1.29 is 14.6 Å². The summed E-state index contributed by atoms with van der Waals surface area (Å²) in [6, 6.07) is 0. The largest absolute Gasteiger partial charge is 0.462 e. The third-order valence-corrected chi connectivity index (χ3v) is 1.87. The minimum Gasteiger partial charge on any atom is -0.462 e. The van der Waals surface area contributed by atoms with Gasteiger partial charge in [-0.2, -0.15) is 0 Å². The van der Waals surface area contributed by atoms with Crippen LogP contribution in [0.4, 0.5) is 0 Å². The molecule has 0 aliphatic carbocycles. The van der Waals surface area contributed by atoms with Crippen molar-refractivity contribution in [2.24, 2.45) is 0 Å². The van der Waals surface area contributed by atoms with Crippen LogP contribution in [-0.4, -0.2) is 24.3 Å². The molecule has 82 valence electrons. The van der Waals surface area contributed by atoms with E-state index in [1.807, 2.05) is 13.0 Å². The van der Waals surface area contributed by atoms with Crippen molar-refractivity contribution in [1.82, 2.24) is 0 Å². The number of carbonyl (C=O) groups is 1. The van der Waals surface area contributed by atoms with Crippen molar-refractivity contribution in [1.29, 1.82) is 0 Å². The number of aliphatic hydroxyl groups is 1. The first-order valence-electron chi connectivity index (χ1n) is 5.17. The zero-order valence-electron chi connectivity index (χ0n) is 9.08. The maximum atomic E-state index is 11.2. The number of ether oxygens (including phenoxy) is 1. The van der Waals surface area contributed by atoms with E-state index in [1.54, 1.807) is 6.92 Å². The Morgan fingerprint density at radius 1 is 1.36 bits per heavy atom. The van der Waals surface area contributed by atoms with Crippen LogP contribution < -0.4 is 0 Å². The summed E-state index contributed by atoms with van der Waals surface area (Å²) >= 11 is 0. The second-order valence-corrected chi connectivity index (χ2v) is 3.22. The highest BCUT2D eigenvalue weighted by Crippen LogP contribution is 2.01. The molecule has 3 heteroatoms. The molecule has 0 aliphatic rings. The number of rotatable bonds is 7. The van der Waals surface area contributed by atoms with Crippen LogP contribution in [0, 0.1) is 0 Å². The topological polar surface area (TPSA) is 46.5 Å². The van der Waals surface area contributed by atoms with Gasteiger partial charge in [-0.25, -0.2) is 4.79 Å². The van der Waals surface area contributed by atoms with Crippen LogP contribution in [0.15, 0.2) is 11.6 Å². The van der Waals surface area contributed by atoms with Crippen LogP contribution >= 0.6 is 0 Å². The van der Waals surface area contributed by atoms with Gasteiger partial charge in [0.1, 0.15) is 0 Å². The molecule has 0 spiro atoms. The molecule has 0 saturated heterocycles. The summed E-state index contributed by atoms with van der Waals surface area (Å²) in [6.45, 7) is 4.41. The fourth-order valence-corrected chi connectivity index (χ4v) is 1.06. The third kappa shape index (κ3) is 6.66. The van der Waals surface area contributed by atoms with Gasteiger partial charge < -0.3 is 9.84 Å². The lowest BCUT2D eigenvalue weighted by Gasteiger charge is -2.04. The van der Waals surface area contributed by atoms with Crippen LogP contribution in [0.5, 0.6) is 0 Å². The molecule has 0 rings (SSSR count). The van der Waals surface area contributed by atoms with Crippen molar-refractivity contribution in [3.8, 4) is 0 Å². The Kier molecular flexibility index (Phi) is 8.24. The Morgan fingerprint density at radius 3 is 2.64 bits per heavy atom. The maximum Gasteiger partial charge on any atom is 0.333 e. The standard InChI is InChI=1S/C11H20O3/c1-3-7-10(2)11(13)14-9-6-4-5-8-12/h7,12H,3-6,8-9H2,1-2H3. The third-order valence-electron chi connectivity index (χ3n) is 1.87. The molecule has 0 atom stereocenters. The molecule has 1 N–H and O–H groups in total. The van der Waals surface area contributed by atoms with E-state index >= 15 is 0 Å². The Labute approximate surface area is 85.8 Å². The van der Waals surface area contributed by atoms with Crippen molar-refractivity contribution >= 4 is 5.97 Å². The highest BCUT2D eigenvalue weighted by Gasteiger charge is 2.03. The van der Waals surface area contributed by atoms with Crippen LogP contribution in [0.25, 0.3) is 0 Å². The Balaban J connectivity index is 3.49. The molecular weight excluding hydrogens is 180 g/mol. The number of aliphatic hydroxyl groups excluding tert-OH is 1. The van der Waals surface area contributed by atoms with Gasteiger partial charge in [0.25, 0.3) is 0 Å². The van der Waals surface area contributed by atoms with Gasteiger partial charge in [0.05, 0.1) is 6.61 Å². The summed E-state index contributed by atoms with van der Waals surface area (Å²) in [5, 5.41) is 8.52. The van der Waals surface area contributed by atoms with E-state index in [4.69, 9.17) is 9.84 Å². The first-order valence-corrected chi connectivity index (χ1v) is 5.17. The van der Waals surface area contributed by atoms with Crippen LogP contribution in [0.2, 0.25) is 0 Å². The summed E-state index contributed by atoms with van der Waals surface area (Å²) < 4.78 is 5.01. The average Bonchev–Trinajstić information content (AvgIpc) is 2.17. The minimum absolute atomic E-state index is 0.211. The molecule has 0 bridgehead atoms. The SMILES string of the molecule is CCC=C(C)C(=O)OCCCCCO. The first-order chi connectivity index (χ1) is 6.72. The predicted molar refractivity (Wildman–Crippen MR) is 55.9 cm³/mol. The number of carbonyl (C=O) groups excluding carboxylic acids is 1. The van der Waals surface area contributed by atoms with E-state index in [1.165, 1.54) is 0 Å². The van der Waals surface area contributed by atoms with Gasteiger partial charge in [0, 0.05) is 12.2 Å². The number of allylic oxidation sites excluding steroid dienone is 1. The number of unbranched alkanes of at least 4 members (excludes halogenated alkanes) is 2. The molecule has 14 heavy (non-hydrogen) atoms. The molecule has 0 fully saturated rings. The number of hydrogen-bond donors (Lipinski definition) is 1. The van der Waals surface area contributed by atoms with Gasteiger partial charge in [-0.3, -0.25) is 0 Å². The molecule has 0 aromatic carbocycles. The second-order valence-electron chi connectivity index (χ2n) is 3.22. The first kappa shape index (κ1) is 13.2. The Hall–Kier alpha value is -0.830. The Bertz CT molecular complexity index is 185. The number of esters is 1. The van der Waals surface area contributed by atoms with E-state index in [0.29, 0.717) is 12.2 Å². The average molecular weight is 200 g/mol. The van der Waals surface area contributed by atoms with E-state index in [9.17, 15) is 4.79 Å². The number of hydrogen-bond acceptors (Lipinski definition) is 3. The van der Waals surface area contributed by atoms with Crippen LogP contribution in [0.3, 0.4) is 0 Å². The lowest BCUT2D eigenvalue weighted by atomic mass is 10.2. The van der Waals surface area contributed by atoms with E-state index in [0.717, 1.165) is 25.7 Å². The second kappa shape index (κ2) is 8.75. The van der Waals surface area contributed by atoms with Gasteiger partial charge >= 0.3 is 5.97 Å². The van der Waals surface area contributed by atoms with Gasteiger partial charge in [-0.15, -0.1) is 0 Å². The van der Waals surface area contributed by atoms with Gasteiger partial charge in [0.2, 0.25) is 0 Å².